The van der Waals surface area contributed by atoms with Crippen molar-refractivity contribution in [3.8, 4) is 17.2 Å². The van der Waals surface area contributed by atoms with Crippen LogP contribution in [0.25, 0.3) is 5.69 Å². The smallest absolute Gasteiger partial charge is 0.237 e. The minimum Gasteiger partial charge on any atom is -0.497 e. The van der Waals surface area contributed by atoms with Crippen LogP contribution in [0.15, 0.2) is 84.0 Å². The average Bonchev–Trinajstić information content (AvgIpc) is 3.30. The van der Waals surface area contributed by atoms with Crippen molar-refractivity contribution in [2.75, 3.05) is 12.4 Å². The van der Waals surface area contributed by atoms with E-state index in [1.165, 1.54) is 23.9 Å². The van der Waals surface area contributed by atoms with E-state index in [0.29, 0.717) is 28.2 Å². The summed E-state index contributed by atoms with van der Waals surface area (Å²) >= 11 is 1.29. The molecule has 7 nitrogen and oxygen atoms in total. The first-order valence-corrected chi connectivity index (χ1v) is 11.9. The molecule has 9 heteroatoms. The number of nitrogens with zero attached hydrogens (tertiary/aromatic N) is 3. The van der Waals surface area contributed by atoms with Crippen LogP contribution in [0.3, 0.4) is 0 Å². The van der Waals surface area contributed by atoms with Crippen molar-refractivity contribution in [1.82, 2.24) is 14.8 Å². The van der Waals surface area contributed by atoms with Gasteiger partial charge >= 0.3 is 0 Å². The van der Waals surface area contributed by atoms with Crippen LogP contribution < -0.4 is 14.8 Å². The Kier molecular flexibility index (Phi) is 7.67. The van der Waals surface area contributed by atoms with Crippen LogP contribution in [-0.4, -0.2) is 33.0 Å². The van der Waals surface area contributed by atoms with Gasteiger partial charge < -0.3 is 14.8 Å². The molecular formula is C26H25FN4O3S. The zero-order valence-electron chi connectivity index (χ0n) is 19.5. The predicted molar refractivity (Wildman–Crippen MR) is 134 cm³/mol. The molecule has 0 aliphatic rings. The van der Waals surface area contributed by atoms with Crippen molar-refractivity contribution in [2.45, 2.75) is 30.4 Å². The molecule has 0 saturated carbocycles. The number of carbonyl (C=O) groups excluding carboxylic acids is 1. The van der Waals surface area contributed by atoms with Crippen LogP contribution in [0.5, 0.6) is 11.5 Å². The minimum absolute atomic E-state index is 0.167. The molecule has 0 fully saturated rings. The van der Waals surface area contributed by atoms with Crippen molar-refractivity contribution in [3.63, 3.8) is 0 Å². The number of para-hydroxylation sites is 1. The Labute approximate surface area is 207 Å². The number of ether oxygens (including phenoxy) is 2. The summed E-state index contributed by atoms with van der Waals surface area (Å²) in [6.07, 6.45) is -0.481. The zero-order chi connectivity index (χ0) is 24.8. The van der Waals surface area contributed by atoms with Crippen LogP contribution >= 0.6 is 11.8 Å². The third-order valence-electron chi connectivity index (χ3n) is 5.17. The van der Waals surface area contributed by atoms with Gasteiger partial charge in [-0.25, -0.2) is 4.39 Å². The molecule has 1 amide bonds. The van der Waals surface area contributed by atoms with Crippen LogP contribution in [-0.2, 0) is 4.79 Å². The molecule has 0 bridgehead atoms. The number of aromatic nitrogens is 3. The molecule has 1 heterocycles. The SMILES string of the molecule is COc1ccc(NC(=O)C(C)Sc2nnc(C(C)Oc3ccc(F)cc3)n2-c2ccccc2)cc1. The van der Waals surface area contributed by atoms with E-state index in [4.69, 9.17) is 9.47 Å². The third-order valence-corrected chi connectivity index (χ3v) is 6.21. The lowest BCUT2D eigenvalue weighted by Crippen LogP contribution is -2.23. The first kappa shape index (κ1) is 24.3. The molecule has 4 rings (SSSR count). The Morgan fingerprint density at radius 1 is 0.943 bits per heavy atom. The maximum Gasteiger partial charge on any atom is 0.237 e. The summed E-state index contributed by atoms with van der Waals surface area (Å²) in [5.74, 6) is 1.29. The number of rotatable bonds is 9. The number of benzene rings is 3. The Morgan fingerprint density at radius 3 is 2.26 bits per heavy atom. The summed E-state index contributed by atoms with van der Waals surface area (Å²) in [5.41, 5.74) is 1.52. The highest BCUT2D eigenvalue weighted by Gasteiger charge is 2.24. The maximum atomic E-state index is 13.3. The highest BCUT2D eigenvalue weighted by atomic mass is 32.2. The molecule has 35 heavy (non-hydrogen) atoms. The van der Waals surface area contributed by atoms with Gasteiger partial charge in [0.2, 0.25) is 5.91 Å². The summed E-state index contributed by atoms with van der Waals surface area (Å²) in [5, 5.41) is 11.7. The van der Waals surface area contributed by atoms with Crippen LogP contribution in [0, 0.1) is 5.82 Å². The highest BCUT2D eigenvalue weighted by Crippen LogP contribution is 2.30. The Hall–Kier alpha value is -3.85. The summed E-state index contributed by atoms with van der Waals surface area (Å²) in [4.78, 5) is 12.9. The largest absolute Gasteiger partial charge is 0.497 e. The molecule has 3 aromatic carbocycles. The fourth-order valence-corrected chi connectivity index (χ4v) is 4.21. The van der Waals surface area contributed by atoms with Crippen molar-refractivity contribution < 1.29 is 18.7 Å². The van der Waals surface area contributed by atoms with Gasteiger partial charge in [-0.05, 0) is 74.5 Å². The van der Waals surface area contributed by atoms with Crippen molar-refractivity contribution in [1.29, 1.82) is 0 Å². The predicted octanol–water partition coefficient (Wildman–Crippen LogP) is 5.67. The van der Waals surface area contributed by atoms with Crippen molar-refractivity contribution >= 4 is 23.4 Å². The third kappa shape index (κ3) is 5.99. The van der Waals surface area contributed by atoms with Crippen LogP contribution in [0.2, 0.25) is 0 Å². The number of hydrogen-bond acceptors (Lipinski definition) is 6. The van der Waals surface area contributed by atoms with Gasteiger partial charge in [-0.3, -0.25) is 9.36 Å². The number of halogens is 1. The standard InChI is InChI=1S/C26H25FN4O3S/c1-17(34-23-13-9-19(27)10-14-23)24-29-30-26(31(24)21-7-5-4-6-8-21)35-18(2)25(32)28-20-11-15-22(33-3)16-12-20/h4-18H,1-3H3,(H,28,32). The first-order chi connectivity index (χ1) is 16.9. The van der Waals surface area contributed by atoms with E-state index in [1.54, 1.807) is 43.5 Å². The van der Waals surface area contributed by atoms with Gasteiger partial charge in [0.1, 0.15) is 17.3 Å². The lowest BCUT2D eigenvalue weighted by Gasteiger charge is -2.17. The lowest BCUT2D eigenvalue weighted by atomic mass is 10.3. The van der Waals surface area contributed by atoms with E-state index in [-0.39, 0.29) is 11.7 Å². The molecule has 0 spiro atoms. The van der Waals surface area contributed by atoms with Gasteiger partial charge in [0, 0.05) is 11.4 Å². The monoisotopic (exact) mass is 492 g/mol. The Morgan fingerprint density at radius 2 is 1.60 bits per heavy atom. The molecule has 1 aromatic heterocycles. The molecule has 0 saturated heterocycles. The fourth-order valence-electron chi connectivity index (χ4n) is 3.34. The number of nitrogens with one attached hydrogen (secondary N) is 1. The zero-order valence-corrected chi connectivity index (χ0v) is 20.3. The van der Waals surface area contributed by atoms with Gasteiger partial charge in [-0.2, -0.15) is 0 Å². The van der Waals surface area contributed by atoms with Gasteiger partial charge in [0.15, 0.2) is 17.1 Å². The Bertz CT molecular complexity index is 1260. The summed E-state index contributed by atoms with van der Waals surface area (Å²) in [6, 6.07) is 22.6. The van der Waals surface area contributed by atoms with Crippen molar-refractivity contribution in [2.24, 2.45) is 0 Å². The molecule has 4 aromatic rings. The van der Waals surface area contributed by atoms with E-state index >= 15 is 0 Å². The molecule has 2 atom stereocenters. The molecular weight excluding hydrogens is 467 g/mol. The van der Waals surface area contributed by atoms with Crippen molar-refractivity contribution in [3.05, 3.63) is 90.5 Å². The van der Waals surface area contributed by atoms with Crippen LogP contribution in [0.4, 0.5) is 10.1 Å². The summed E-state index contributed by atoms with van der Waals surface area (Å²) < 4.78 is 26.3. The number of carbonyl (C=O) groups is 1. The average molecular weight is 493 g/mol. The van der Waals surface area contributed by atoms with E-state index in [9.17, 15) is 9.18 Å². The first-order valence-electron chi connectivity index (χ1n) is 11.0. The molecule has 1 N–H and O–H groups in total. The molecule has 0 aliphatic heterocycles. The topological polar surface area (TPSA) is 78.3 Å². The number of thioether (sulfide) groups is 1. The summed E-state index contributed by atoms with van der Waals surface area (Å²) in [7, 11) is 1.59. The molecule has 0 radical (unpaired) electrons. The lowest BCUT2D eigenvalue weighted by molar-refractivity contribution is -0.115. The van der Waals surface area contributed by atoms with Gasteiger partial charge in [0.05, 0.1) is 12.4 Å². The molecule has 2 unspecified atom stereocenters. The van der Waals surface area contributed by atoms with Gasteiger partial charge in [-0.15, -0.1) is 10.2 Å². The number of anilines is 1. The van der Waals surface area contributed by atoms with E-state index in [0.717, 1.165) is 5.69 Å². The second-order valence-corrected chi connectivity index (χ2v) is 9.01. The van der Waals surface area contributed by atoms with Gasteiger partial charge in [0.25, 0.3) is 0 Å². The normalized spacial score (nSPS) is 12.6. The summed E-state index contributed by atoms with van der Waals surface area (Å²) in [6.45, 7) is 3.66. The molecule has 180 valence electrons. The van der Waals surface area contributed by atoms with E-state index < -0.39 is 11.4 Å². The quantitative estimate of drug-likeness (QED) is 0.303. The van der Waals surface area contributed by atoms with E-state index in [2.05, 4.69) is 15.5 Å². The number of hydrogen-bond donors (Lipinski definition) is 1. The van der Waals surface area contributed by atoms with Gasteiger partial charge in [-0.1, -0.05) is 30.0 Å². The Balaban J connectivity index is 1.55. The van der Waals surface area contributed by atoms with Crippen LogP contribution in [0.1, 0.15) is 25.8 Å². The number of amides is 1. The number of methoxy groups -OCH3 is 1. The second kappa shape index (κ2) is 11.1. The molecule has 0 aliphatic carbocycles. The van der Waals surface area contributed by atoms with E-state index in [1.807, 2.05) is 48.7 Å². The highest BCUT2D eigenvalue weighted by molar-refractivity contribution is 8.00. The fraction of sp³-hybridized carbons (Fsp3) is 0.192. The second-order valence-electron chi connectivity index (χ2n) is 7.70. The maximum absolute atomic E-state index is 13.3. The minimum atomic E-state index is -0.481.